The van der Waals surface area contributed by atoms with Gasteiger partial charge >= 0.3 is 0 Å². The van der Waals surface area contributed by atoms with Gasteiger partial charge in [-0.2, -0.15) is 0 Å². The van der Waals surface area contributed by atoms with Crippen molar-refractivity contribution >= 4 is 23.2 Å². The predicted octanol–water partition coefficient (Wildman–Crippen LogP) is 3.41. The van der Waals surface area contributed by atoms with Gasteiger partial charge in [-0.15, -0.1) is 0 Å². The van der Waals surface area contributed by atoms with E-state index in [4.69, 9.17) is 30.5 Å². The highest BCUT2D eigenvalue weighted by Crippen LogP contribution is 2.41. The van der Waals surface area contributed by atoms with Crippen LogP contribution in [0.3, 0.4) is 0 Å². The third kappa shape index (κ3) is 3.25. The molecule has 2 aliphatic rings. The van der Waals surface area contributed by atoms with Gasteiger partial charge in [0.15, 0.2) is 0 Å². The fraction of sp³-hybridized carbons (Fsp3) is 0.350. The second-order valence-electron chi connectivity index (χ2n) is 6.43. The van der Waals surface area contributed by atoms with Crippen molar-refractivity contribution in [1.29, 1.82) is 0 Å². The third-order valence-corrected chi connectivity index (χ3v) is 5.14. The summed E-state index contributed by atoms with van der Waals surface area (Å²) in [6.07, 6.45) is 1.82. The average Bonchev–Trinajstić information content (AvgIpc) is 3.31. The Balaban J connectivity index is 1.62. The van der Waals surface area contributed by atoms with Crippen LogP contribution in [0.1, 0.15) is 16.7 Å². The first-order chi connectivity index (χ1) is 13.1. The number of hydrogen-bond donors (Lipinski definition) is 1. The topological polar surface area (TPSA) is 66.0 Å². The third-order valence-electron chi connectivity index (χ3n) is 4.85. The number of benzene rings is 2. The molecule has 0 radical (unpaired) electrons. The number of halogens is 1. The fourth-order valence-corrected chi connectivity index (χ4v) is 3.82. The molecule has 0 saturated carbocycles. The van der Waals surface area contributed by atoms with E-state index in [0.717, 1.165) is 41.0 Å². The zero-order valence-electron chi connectivity index (χ0n) is 15.2. The van der Waals surface area contributed by atoms with Gasteiger partial charge in [0.25, 0.3) is 0 Å². The normalized spacial score (nSPS) is 14.0. The van der Waals surface area contributed by atoms with Crippen molar-refractivity contribution in [2.24, 2.45) is 0 Å². The number of nitrogens with one attached hydrogen (secondary N) is 1. The number of hydrogen-bond acceptors (Lipinski definition) is 5. The van der Waals surface area contributed by atoms with Gasteiger partial charge in [0.2, 0.25) is 5.91 Å². The molecule has 0 atom stereocenters. The minimum atomic E-state index is -0.171. The first-order valence-corrected chi connectivity index (χ1v) is 9.13. The molecule has 0 aromatic heterocycles. The minimum absolute atomic E-state index is 0.171. The lowest BCUT2D eigenvalue weighted by Gasteiger charge is -2.15. The van der Waals surface area contributed by atoms with E-state index in [-0.39, 0.29) is 12.3 Å². The molecular formula is C20H20ClNO5. The molecule has 2 heterocycles. The summed E-state index contributed by atoms with van der Waals surface area (Å²) in [5, 5.41) is 3.31. The number of carbonyl (C=O) groups is 1. The van der Waals surface area contributed by atoms with Crippen molar-refractivity contribution in [1.82, 2.24) is 0 Å². The Morgan fingerprint density at radius 2 is 1.89 bits per heavy atom. The summed E-state index contributed by atoms with van der Waals surface area (Å²) in [6, 6.07) is 5.31. The van der Waals surface area contributed by atoms with Crippen molar-refractivity contribution < 1.29 is 23.7 Å². The van der Waals surface area contributed by atoms with Crippen molar-refractivity contribution in [3.63, 3.8) is 0 Å². The van der Waals surface area contributed by atoms with Crippen molar-refractivity contribution in [2.75, 3.05) is 32.8 Å². The van der Waals surface area contributed by atoms with Crippen LogP contribution >= 0.6 is 11.6 Å². The molecule has 1 amide bonds. The standard InChI is InChI=1S/C20H20ClNO5/c1-24-17-10-15(18(25-2)9-14(17)21)22-19(23)8-13-12-4-6-26-16(12)7-11-3-5-27-20(11)13/h7,9-10H,3-6,8H2,1-2H3,(H,22,23). The average molecular weight is 390 g/mol. The summed E-state index contributed by atoms with van der Waals surface area (Å²) >= 11 is 6.13. The van der Waals surface area contributed by atoms with Gasteiger partial charge in [-0.3, -0.25) is 4.79 Å². The Morgan fingerprint density at radius 3 is 2.67 bits per heavy atom. The van der Waals surface area contributed by atoms with Crippen LogP contribution in [0.2, 0.25) is 5.02 Å². The molecule has 142 valence electrons. The Bertz CT molecular complexity index is 880. The van der Waals surface area contributed by atoms with E-state index in [1.165, 1.54) is 14.2 Å². The highest BCUT2D eigenvalue weighted by Gasteiger charge is 2.27. The SMILES string of the molecule is COc1cc(NC(=O)Cc2c3c(cc4c2OCC4)OCC3)c(OC)cc1Cl. The maximum absolute atomic E-state index is 12.8. The number of anilines is 1. The summed E-state index contributed by atoms with van der Waals surface area (Å²) in [6.45, 7) is 1.27. The smallest absolute Gasteiger partial charge is 0.229 e. The second-order valence-corrected chi connectivity index (χ2v) is 6.84. The van der Waals surface area contributed by atoms with Crippen molar-refractivity contribution in [3.8, 4) is 23.0 Å². The van der Waals surface area contributed by atoms with Crippen LogP contribution in [0, 0.1) is 0 Å². The molecule has 2 aromatic rings. The van der Waals surface area contributed by atoms with E-state index in [1.54, 1.807) is 12.1 Å². The van der Waals surface area contributed by atoms with Crippen LogP contribution < -0.4 is 24.3 Å². The quantitative estimate of drug-likeness (QED) is 0.848. The number of fused-ring (bicyclic) bond motifs is 2. The number of carbonyl (C=O) groups excluding carboxylic acids is 1. The minimum Gasteiger partial charge on any atom is -0.495 e. The van der Waals surface area contributed by atoms with Gasteiger partial charge in [0, 0.05) is 41.7 Å². The van der Waals surface area contributed by atoms with Crippen LogP contribution in [-0.4, -0.2) is 33.3 Å². The zero-order chi connectivity index (χ0) is 19.0. The van der Waals surface area contributed by atoms with E-state index in [1.807, 2.05) is 6.07 Å². The molecule has 0 aliphatic carbocycles. The van der Waals surface area contributed by atoms with Crippen LogP contribution in [0.25, 0.3) is 0 Å². The fourth-order valence-electron chi connectivity index (χ4n) is 3.59. The monoisotopic (exact) mass is 389 g/mol. The van der Waals surface area contributed by atoms with Gasteiger partial charge in [0.1, 0.15) is 23.0 Å². The number of rotatable bonds is 5. The molecule has 0 unspecified atom stereocenters. The molecule has 0 saturated heterocycles. The lowest BCUT2D eigenvalue weighted by molar-refractivity contribution is -0.115. The summed E-state index contributed by atoms with van der Waals surface area (Å²) in [7, 11) is 3.04. The molecule has 4 rings (SSSR count). The summed E-state index contributed by atoms with van der Waals surface area (Å²) < 4.78 is 22.1. The molecule has 6 nitrogen and oxygen atoms in total. The van der Waals surface area contributed by atoms with Crippen LogP contribution in [0.5, 0.6) is 23.0 Å². The van der Waals surface area contributed by atoms with E-state index in [0.29, 0.717) is 35.4 Å². The first-order valence-electron chi connectivity index (χ1n) is 8.75. The van der Waals surface area contributed by atoms with Gasteiger partial charge in [-0.25, -0.2) is 0 Å². The molecule has 0 fully saturated rings. The van der Waals surface area contributed by atoms with Crippen molar-refractivity contribution in [2.45, 2.75) is 19.3 Å². The molecule has 0 bridgehead atoms. The molecule has 2 aliphatic heterocycles. The van der Waals surface area contributed by atoms with Gasteiger partial charge in [-0.1, -0.05) is 11.6 Å². The van der Waals surface area contributed by atoms with Crippen molar-refractivity contribution in [3.05, 3.63) is 39.9 Å². The van der Waals surface area contributed by atoms with Crippen LogP contribution in [0.15, 0.2) is 18.2 Å². The Hall–Kier alpha value is -2.60. The number of methoxy groups -OCH3 is 2. The maximum atomic E-state index is 12.8. The lowest BCUT2D eigenvalue weighted by Crippen LogP contribution is -2.16. The lowest BCUT2D eigenvalue weighted by atomic mass is 9.97. The summed E-state index contributed by atoms with van der Waals surface area (Å²) in [5.41, 5.74) is 3.58. The van der Waals surface area contributed by atoms with Gasteiger partial charge < -0.3 is 24.3 Å². The van der Waals surface area contributed by atoms with E-state index >= 15 is 0 Å². The molecule has 0 spiro atoms. The van der Waals surface area contributed by atoms with Gasteiger partial charge in [-0.05, 0) is 6.07 Å². The second kappa shape index (κ2) is 7.19. The molecule has 2 aromatic carbocycles. The predicted molar refractivity (Wildman–Crippen MR) is 102 cm³/mol. The number of ether oxygens (including phenoxy) is 4. The highest BCUT2D eigenvalue weighted by atomic mass is 35.5. The molecule has 27 heavy (non-hydrogen) atoms. The Kier molecular flexibility index (Phi) is 4.74. The largest absolute Gasteiger partial charge is 0.495 e. The Morgan fingerprint density at radius 1 is 1.11 bits per heavy atom. The molecular weight excluding hydrogens is 370 g/mol. The van der Waals surface area contributed by atoms with E-state index < -0.39 is 0 Å². The molecule has 1 N–H and O–H groups in total. The molecule has 7 heteroatoms. The summed E-state index contributed by atoms with van der Waals surface area (Å²) in [4.78, 5) is 12.8. The summed E-state index contributed by atoms with van der Waals surface area (Å²) in [5.74, 6) is 2.46. The zero-order valence-corrected chi connectivity index (χ0v) is 15.9. The van der Waals surface area contributed by atoms with Gasteiger partial charge in [0.05, 0.1) is 44.6 Å². The van der Waals surface area contributed by atoms with Crippen LogP contribution in [0.4, 0.5) is 5.69 Å². The van der Waals surface area contributed by atoms with E-state index in [2.05, 4.69) is 5.32 Å². The van der Waals surface area contributed by atoms with E-state index in [9.17, 15) is 4.79 Å². The Labute approximate surface area is 162 Å². The number of amides is 1. The maximum Gasteiger partial charge on any atom is 0.229 e. The van der Waals surface area contributed by atoms with Crippen LogP contribution in [-0.2, 0) is 24.1 Å². The first kappa shape index (κ1) is 17.8. The highest BCUT2D eigenvalue weighted by molar-refractivity contribution is 6.32.